The van der Waals surface area contributed by atoms with Crippen LogP contribution in [0, 0.1) is 0 Å². The largest absolute Gasteiger partial charge is 0.339 e. The van der Waals surface area contributed by atoms with E-state index < -0.39 is 0 Å². The van der Waals surface area contributed by atoms with E-state index in [0.717, 1.165) is 18.7 Å². The van der Waals surface area contributed by atoms with Gasteiger partial charge in [0.05, 0.1) is 6.54 Å². The summed E-state index contributed by atoms with van der Waals surface area (Å²) in [6.07, 6.45) is 2.88. The van der Waals surface area contributed by atoms with E-state index in [1.165, 1.54) is 4.90 Å². The molecule has 1 aliphatic carbocycles. The Morgan fingerprint density at radius 3 is 2.78 bits per heavy atom. The SMILES string of the molecule is CCc1nc(CN(C)C(=O)NC(C)c2nc(C3CC3)no2)no1. The van der Waals surface area contributed by atoms with Gasteiger partial charge in [0.2, 0.25) is 11.8 Å². The van der Waals surface area contributed by atoms with Gasteiger partial charge in [0.1, 0.15) is 6.04 Å². The summed E-state index contributed by atoms with van der Waals surface area (Å²) in [5.74, 6) is 2.60. The van der Waals surface area contributed by atoms with Gasteiger partial charge in [0, 0.05) is 19.4 Å². The summed E-state index contributed by atoms with van der Waals surface area (Å²) in [5, 5.41) is 10.6. The molecule has 3 rings (SSSR count). The lowest BCUT2D eigenvalue weighted by Gasteiger charge is -2.18. The molecular weight excluding hydrogens is 300 g/mol. The molecule has 124 valence electrons. The fraction of sp³-hybridized carbons (Fsp3) is 0.643. The molecule has 0 radical (unpaired) electrons. The molecule has 2 aromatic heterocycles. The van der Waals surface area contributed by atoms with Gasteiger partial charge in [0.15, 0.2) is 11.6 Å². The zero-order valence-corrected chi connectivity index (χ0v) is 13.4. The van der Waals surface area contributed by atoms with E-state index in [0.29, 0.717) is 29.9 Å². The summed E-state index contributed by atoms with van der Waals surface area (Å²) in [4.78, 5) is 22.2. The van der Waals surface area contributed by atoms with Crippen LogP contribution >= 0.6 is 0 Å². The molecule has 1 unspecified atom stereocenters. The molecule has 0 bridgehead atoms. The Hall–Kier alpha value is -2.45. The molecule has 1 atom stereocenters. The number of carbonyl (C=O) groups excluding carboxylic acids is 1. The number of hydrogen-bond donors (Lipinski definition) is 1. The number of aromatic nitrogens is 4. The summed E-state index contributed by atoms with van der Waals surface area (Å²) in [6.45, 7) is 3.99. The molecule has 0 aromatic carbocycles. The van der Waals surface area contributed by atoms with Gasteiger partial charge in [-0.2, -0.15) is 9.97 Å². The van der Waals surface area contributed by atoms with Crippen molar-refractivity contribution < 1.29 is 13.8 Å². The van der Waals surface area contributed by atoms with E-state index in [2.05, 4.69) is 25.6 Å². The predicted molar refractivity (Wildman–Crippen MR) is 78.4 cm³/mol. The van der Waals surface area contributed by atoms with E-state index in [9.17, 15) is 4.79 Å². The number of hydrogen-bond acceptors (Lipinski definition) is 7. The predicted octanol–water partition coefficient (Wildman–Crippen LogP) is 1.79. The third kappa shape index (κ3) is 3.66. The van der Waals surface area contributed by atoms with Crippen LogP contribution in [0.2, 0.25) is 0 Å². The van der Waals surface area contributed by atoms with E-state index in [4.69, 9.17) is 9.05 Å². The first kappa shape index (κ1) is 15.4. The highest BCUT2D eigenvalue weighted by Gasteiger charge is 2.30. The van der Waals surface area contributed by atoms with Crippen LogP contribution in [0.25, 0.3) is 0 Å². The van der Waals surface area contributed by atoms with Crippen molar-refractivity contribution in [3.63, 3.8) is 0 Å². The Labute approximate surface area is 133 Å². The average molecular weight is 320 g/mol. The van der Waals surface area contributed by atoms with Gasteiger partial charge >= 0.3 is 6.03 Å². The van der Waals surface area contributed by atoms with Crippen LogP contribution in [0.1, 0.15) is 62.1 Å². The van der Waals surface area contributed by atoms with Crippen LogP contribution in [0.15, 0.2) is 9.05 Å². The minimum absolute atomic E-state index is 0.263. The standard InChI is InChI=1S/C14H20N6O3/c1-4-11-16-10(18-22-11)7-20(3)14(21)15-8(2)13-17-12(19-23-13)9-5-6-9/h8-9H,4-7H2,1-3H3,(H,15,21). The number of carbonyl (C=O) groups is 1. The number of urea groups is 1. The number of aryl methyl sites for hydroxylation is 1. The van der Waals surface area contributed by atoms with E-state index in [-0.39, 0.29) is 18.6 Å². The summed E-state index contributed by atoms with van der Waals surface area (Å²) in [6, 6.07) is -0.632. The fourth-order valence-electron chi connectivity index (χ4n) is 2.07. The molecule has 2 amide bonds. The van der Waals surface area contributed by atoms with E-state index in [1.54, 1.807) is 14.0 Å². The van der Waals surface area contributed by atoms with Gasteiger partial charge in [-0.15, -0.1) is 0 Å². The van der Waals surface area contributed by atoms with Crippen molar-refractivity contribution in [1.82, 2.24) is 30.5 Å². The third-order valence-electron chi connectivity index (χ3n) is 3.65. The quantitative estimate of drug-likeness (QED) is 0.863. The topological polar surface area (TPSA) is 110 Å². The molecule has 23 heavy (non-hydrogen) atoms. The van der Waals surface area contributed by atoms with Crippen molar-refractivity contribution in [1.29, 1.82) is 0 Å². The van der Waals surface area contributed by atoms with Gasteiger partial charge < -0.3 is 19.3 Å². The highest BCUT2D eigenvalue weighted by atomic mass is 16.5. The molecule has 1 aliphatic rings. The summed E-state index contributed by atoms with van der Waals surface area (Å²) >= 11 is 0. The smallest absolute Gasteiger partial charge is 0.318 e. The fourth-order valence-corrected chi connectivity index (χ4v) is 2.07. The molecule has 9 nitrogen and oxygen atoms in total. The van der Waals surface area contributed by atoms with Crippen LogP contribution in [0.3, 0.4) is 0 Å². The Balaban J connectivity index is 1.54. The maximum Gasteiger partial charge on any atom is 0.318 e. The minimum atomic E-state index is -0.360. The van der Waals surface area contributed by atoms with Gasteiger partial charge in [-0.05, 0) is 19.8 Å². The zero-order valence-electron chi connectivity index (χ0n) is 13.4. The number of nitrogens with zero attached hydrogens (tertiary/aromatic N) is 5. The molecule has 2 aromatic rings. The highest BCUT2D eigenvalue weighted by Crippen LogP contribution is 2.38. The van der Waals surface area contributed by atoms with E-state index >= 15 is 0 Å². The molecule has 1 N–H and O–H groups in total. The minimum Gasteiger partial charge on any atom is -0.339 e. The Kier molecular flexibility index (Phi) is 4.26. The molecule has 9 heteroatoms. The third-order valence-corrected chi connectivity index (χ3v) is 3.65. The maximum atomic E-state index is 12.2. The second-order valence-corrected chi connectivity index (χ2v) is 5.75. The first-order valence-electron chi connectivity index (χ1n) is 7.73. The van der Waals surface area contributed by atoms with Crippen LogP contribution in [-0.2, 0) is 13.0 Å². The van der Waals surface area contributed by atoms with Crippen LogP contribution in [0.4, 0.5) is 4.79 Å². The number of amides is 2. The molecular formula is C14H20N6O3. The lowest BCUT2D eigenvalue weighted by Crippen LogP contribution is -2.38. The van der Waals surface area contributed by atoms with Crippen molar-refractivity contribution in [2.45, 2.75) is 51.6 Å². The second kappa shape index (κ2) is 6.35. The maximum absolute atomic E-state index is 12.2. The van der Waals surface area contributed by atoms with Crippen molar-refractivity contribution in [2.75, 3.05) is 7.05 Å². The van der Waals surface area contributed by atoms with Gasteiger partial charge in [0.25, 0.3) is 0 Å². The first-order chi connectivity index (χ1) is 11.1. The van der Waals surface area contributed by atoms with Gasteiger partial charge in [-0.3, -0.25) is 0 Å². The van der Waals surface area contributed by atoms with Crippen molar-refractivity contribution in [2.24, 2.45) is 0 Å². The summed E-state index contributed by atoms with van der Waals surface area (Å²) < 4.78 is 10.2. The first-order valence-corrected chi connectivity index (χ1v) is 7.73. The number of nitrogens with one attached hydrogen (secondary N) is 1. The second-order valence-electron chi connectivity index (χ2n) is 5.75. The lowest BCUT2D eigenvalue weighted by atomic mass is 10.3. The monoisotopic (exact) mass is 320 g/mol. The Bertz CT molecular complexity index is 678. The normalized spacial score (nSPS) is 15.4. The molecule has 0 spiro atoms. The van der Waals surface area contributed by atoms with Crippen molar-refractivity contribution in [3.8, 4) is 0 Å². The highest BCUT2D eigenvalue weighted by molar-refractivity contribution is 5.74. The Morgan fingerprint density at radius 1 is 1.35 bits per heavy atom. The van der Waals surface area contributed by atoms with Gasteiger partial charge in [-0.25, -0.2) is 4.79 Å². The molecule has 0 saturated heterocycles. The molecule has 1 saturated carbocycles. The van der Waals surface area contributed by atoms with Gasteiger partial charge in [-0.1, -0.05) is 17.2 Å². The summed E-state index contributed by atoms with van der Waals surface area (Å²) in [7, 11) is 1.66. The van der Waals surface area contributed by atoms with Crippen LogP contribution in [-0.4, -0.2) is 38.3 Å². The molecule has 1 fully saturated rings. The lowest BCUT2D eigenvalue weighted by molar-refractivity contribution is 0.198. The number of rotatable bonds is 6. The zero-order chi connectivity index (χ0) is 16.4. The Morgan fingerprint density at radius 2 is 2.13 bits per heavy atom. The molecule has 0 aliphatic heterocycles. The van der Waals surface area contributed by atoms with E-state index in [1.807, 2.05) is 6.92 Å². The van der Waals surface area contributed by atoms with Crippen LogP contribution < -0.4 is 5.32 Å². The average Bonchev–Trinajstić information content (AvgIpc) is 3.09. The van der Waals surface area contributed by atoms with Crippen molar-refractivity contribution >= 4 is 6.03 Å². The van der Waals surface area contributed by atoms with Crippen LogP contribution in [0.5, 0.6) is 0 Å². The summed E-state index contributed by atoms with van der Waals surface area (Å²) in [5.41, 5.74) is 0. The van der Waals surface area contributed by atoms with Crippen molar-refractivity contribution in [3.05, 3.63) is 23.4 Å². The molecule has 2 heterocycles.